The summed E-state index contributed by atoms with van der Waals surface area (Å²) in [5, 5.41) is 23.9. The number of hydrogen-bond acceptors (Lipinski definition) is 5. The van der Waals surface area contributed by atoms with Gasteiger partial charge in [0.15, 0.2) is 6.10 Å². The molecular formula is C28H32F3N3O5. The third-order valence-electron chi connectivity index (χ3n) is 7.81. The molecule has 0 bridgehead atoms. The Bertz CT molecular complexity index is 1320. The summed E-state index contributed by atoms with van der Waals surface area (Å²) in [5.41, 5.74) is -0.648. The number of hydrogen-bond donors (Lipinski definition) is 3. The van der Waals surface area contributed by atoms with Crippen LogP contribution in [-0.4, -0.2) is 80.5 Å². The van der Waals surface area contributed by atoms with Gasteiger partial charge in [-0.05, 0) is 69.0 Å². The van der Waals surface area contributed by atoms with Crippen molar-refractivity contribution in [1.29, 1.82) is 0 Å². The summed E-state index contributed by atoms with van der Waals surface area (Å²) >= 11 is 0. The Labute approximate surface area is 224 Å². The van der Waals surface area contributed by atoms with Gasteiger partial charge in [0.1, 0.15) is 23.1 Å². The number of β-lactam (4-membered cyclic amide) rings is 1. The normalized spacial score (nSPS) is 23.2. The van der Waals surface area contributed by atoms with Gasteiger partial charge in [-0.25, -0.2) is 13.2 Å². The van der Waals surface area contributed by atoms with E-state index in [0.717, 1.165) is 4.90 Å². The minimum absolute atomic E-state index is 0.0843. The number of phenols is 1. The number of nitrogens with one attached hydrogen (secondary N) is 1. The highest BCUT2D eigenvalue weighted by Crippen LogP contribution is 2.52. The fraction of sp³-hybridized carbons (Fsp3) is 0.464. The van der Waals surface area contributed by atoms with Crippen LogP contribution < -0.4 is 5.32 Å². The Morgan fingerprint density at radius 3 is 2.54 bits per heavy atom. The van der Waals surface area contributed by atoms with Crippen LogP contribution in [0.3, 0.4) is 0 Å². The van der Waals surface area contributed by atoms with E-state index in [-0.39, 0.29) is 29.8 Å². The molecule has 0 saturated carbocycles. The van der Waals surface area contributed by atoms with Crippen molar-refractivity contribution in [1.82, 2.24) is 15.1 Å². The number of rotatable bonds is 8. The molecule has 2 aliphatic rings. The van der Waals surface area contributed by atoms with Crippen LogP contribution in [0.15, 0.2) is 36.4 Å². The Morgan fingerprint density at radius 2 is 1.90 bits per heavy atom. The molecule has 210 valence electrons. The second-order valence-electron chi connectivity index (χ2n) is 10.5. The van der Waals surface area contributed by atoms with Gasteiger partial charge >= 0.3 is 0 Å². The first-order valence-corrected chi connectivity index (χ1v) is 12.8. The maximum atomic E-state index is 15.2. The molecule has 3 amide bonds. The highest BCUT2D eigenvalue weighted by atomic mass is 19.3. The number of likely N-dealkylation sites (tertiary alicyclic amines) is 2. The Hall–Kier alpha value is -3.60. The van der Waals surface area contributed by atoms with Crippen molar-refractivity contribution >= 4 is 17.7 Å². The molecule has 3 N–H and O–H groups in total. The second-order valence-corrected chi connectivity index (χ2v) is 10.5. The molecule has 0 radical (unpaired) electrons. The zero-order valence-electron chi connectivity index (χ0n) is 22.2. The Balaban J connectivity index is 1.64. The van der Waals surface area contributed by atoms with Crippen LogP contribution in [0.4, 0.5) is 13.2 Å². The summed E-state index contributed by atoms with van der Waals surface area (Å²) in [4.78, 5) is 41.3. The zero-order chi connectivity index (χ0) is 28.9. The number of aliphatic hydroxyl groups excluding tert-OH is 1. The first-order chi connectivity index (χ1) is 18.2. The van der Waals surface area contributed by atoms with Crippen LogP contribution in [0.5, 0.6) is 5.75 Å². The van der Waals surface area contributed by atoms with Crippen molar-refractivity contribution in [3.05, 3.63) is 64.5 Å². The SMILES string of the molecule is CCCN1C(=O)[C@H]2N(C(=O)[C@@H](O)[C@H](Cc3cccc(F)c3)NC(=O)c3cc(C)cc(O)c3C)CC(F)(F)C21C. The van der Waals surface area contributed by atoms with E-state index in [1.807, 2.05) is 0 Å². The first kappa shape index (κ1) is 28.4. The summed E-state index contributed by atoms with van der Waals surface area (Å²) in [7, 11) is 0. The van der Waals surface area contributed by atoms with E-state index < -0.39 is 59.7 Å². The van der Waals surface area contributed by atoms with E-state index in [1.165, 1.54) is 50.2 Å². The van der Waals surface area contributed by atoms with Crippen molar-refractivity contribution in [2.75, 3.05) is 13.1 Å². The number of aliphatic hydroxyl groups is 1. The standard InChI is InChI=1S/C28H32F3N3O5/c1-5-9-34-26(39)23-27(34,4)28(30,31)14-33(23)25(38)22(36)20(13-17-7-6-8-18(29)12-17)32-24(37)19-10-15(2)11-21(35)16(19)3/h6-8,10-12,20,22-23,35-36H,5,9,13-14H2,1-4H3,(H,32,37)/t20-,22-,23+,27?/m0/s1. The van der Waals surface area contributed by atoms with Gasteiger partial charge in [0.2, 0.25) is 5.91 Å². The van der Waals surface area contributed by atoms with Crippen molar-refractivity contribution in [3.8, 4) is 5.75 Å². The van der Waals surface area contributed by atoms with Crippen LogP contribution in [0.25, 0.3) is 0 Å². The van der Waals surface area contributed by atoms with Crippen LogP contribution in [0.1, 0.15) is 47.3 Å². The van der Waals surface area contributed by atoms with Crippen molar-refractivity contribution in [3.63, 3.8) is 0 Å². The lowest BCUT2D eigenvalue weighted by atomic mass is 9.78. The minimum Gasteiger partial charge on any atom is -0.508 e. The molecule has 0 aromatic heterocycles. The summed E-state index contributed by atoms with van der Waals surface area (Å²) < 4.78 is 44.3. The van der Waals surface area contributed by atoms with Crippen LogP contribution in [-0.2, 0) is 16.0 Å². The molecule has 2 heterocycles. The summed E-state index contributed by atoms with van der Waals surface area (Å²) in [6.45, 7) is 5.20. The van der Waals surface area contributed by atoms with Gasteiger partial charge < -0.3 is 25.3 Å². The maximum Gasteiger partial charge on any atom is 0.290 e. The van der Waals surface area contributed by atoms with Gasteiger partial charge in [0.25, 0.3) is 17.7 Å². The smallest absolute Gasteiger partial charge is 0.290 e. The summed E-state index contributed by atoms with van der Waals surface area (Å²) in [5.74, 6) is -6.63. The number of nitrogens with zero attached hydrogens (tertiary/aromatic N) is 2. The molecule has 1 unspecified atom stereocenters. The van der Waals surface area contributed by atoms with Crippen molar-refractivity contribution < 1.29 is 37.8 Å². The first-order valence-electron chi connectivity index (χ1n) is 12.8. The van der Waals surface area contributed by atoms with Crippen molar-refractivity contribution in [2.45, 2.75) is 70.2 Å². The molecule has 0 spiro atoms. The molecule has 2 aromatic carbocycles. The van der Waals surface area contributed by atoms with Gasteiger partial charge in [0, 0.05) is 17.7 Å². The molecule has 4 rings (SSSR count). The molecule has 2 fully saturated rings. The molecule has 2 aromatic rings. The average Bonchev–Trinajstić information content (AvgIpc) is 3.06. The molecule has 8 nitrogen and oxygen atoms in total. The van der Waals surface area contributed by atoms with Crippen molar-refractivity contribution in [2.24, 2.45) is 0 Å². The largest absolute Gasteiger partial charge is 0.508 e. The van der Waals surface area contributed by atoms with Gasteiger partial charge in [-0.3, -0.25) is 14.4 Å². The van der Waals surface area contributed by atoms with Crippen LogP contribution in [0.2, 0.25) is 0 Å². The molecule has 2 aliphatic heterocycles. The number of aryl methyl sites for hydroxylation is 1. The Morgan fingerprint density at radius 1 is 1.21 bits per heavy atom. The monoisotopic (exact) mass is 547 g/mol. The van der Waals surface area contributed by atoms with E-state index in [1.54, 1.807) is 13.8 Å². The Kier molecular flexibility index (Phi) is 7.41. The molecular weight excluding hydrogens is 515 g/mol. The van der Waals surface area contributed by atoms with E-state index in [0.29, 0.717) is 22.4 Å². The number of alkyl halides is 2. The number of carbonyl (C=O) groups is 3. The quantitative estimate of drug-likeness (QED) is 0.441. The molecule has 4 atom stereocenters. The number of carbonyl (C=O) groups excluding carboxylic acids is 3. The number of halogens is 3. The van der Waals surface area contributed by atoms with Gasteiger partial charge in [0.05, 0.1) is 12.6 Å². The van der Waals surface area contributed by atoms with Crippen LogP contribution in [0, 0.1) is 19.7 Å². The number of aromatic hydroxyl groups is 1. The fourth-order valence-corrected chi connectivity index (χ4v) is 5.59. The maximum absolute atomic E-state index is 15.2. The number of fused-ring (bicyclic) bond motifs is 1. The summed E-state index contributed by atoms with van der Waals surface area (Å²) in [6, 6.07) is 5.48. The van der Waals surface area contributed by atoms with Gasteiger partial charge in [-0.15, -0.1) is 0 Å². The predicted molar refractivity (Wildman–Crippen MR) is 136 cm³/mol. The highest BCUT2D eigenvalue weighted by molar-refractivity contribution is 5.99. The molecule has 39 heavy (non-hydrogen) atoms. The third-order valence-corrected chi connectivity index (χ3v) is 7.81. The summed E-state index contributed by atoms with van der Waals surface area (Å²) in [6.07, 6.45) is -1.78. The molecule has 2 saturated heterocycles. The van der Waals surface area contributed by atoms with E-state index in [9.17, 15) is 29.0 Å². The van der Waals surface area contributed by atoms with E-state index >= 15 is 8.78 Å². The second kappa shape index (κ2) is 10.2. The molecule has 0 aliphatic carbocycles. The number of phenolic OH excluding ortho intramolecular Hbond substituents is 1. The van der Waals surface area contributed by atoms with E-state index in [4.69, 9.17) is 0 Å². The lowest BCUT2D eigenvalue weighted by molar-refractivity contribution is -0.190. The van der Waals surface area contributed by atoms with Gasteiger partial charge in [-0.1, -0.05) is 19.1 Å². The number of amides is 3. The van der Waals surface area contributed by atoms with Gasteiger partial charge in [-0.2, -0.15) is 0 Å². The lowest BCUT2D eigenvalue weighted by Crippen LogP contribution is -2.78. The van der Waals surface area contributed by atoms with Crippen LogP contribution >= 0.6 is 0 Å². The molecule has 11 heteroatoms. The predicted octanol–water partition coefficient (Wildman–Crippen LogP) is 2.71. The fourth-order valence-electron chi connectivity index (χ4n) is 5.59. The van der Waals surface area contributed by atoms with E-state index in [2.05, 4.69) is 5.32 Å². The topological polar surface area (TPSA) is 110 Å². The highest BCUT2D eigenvalue weighted by Gasteiger charge is 2.77. The average molecular weight is 548 g/mol. The minimum atomic E-state index is -3.42. The lowest BCUT2D eigenvalue weighted by Gasteiger charge is -2.54. The number of benzene rings is 2. The zero-order valence-corrected chi connectivity index (χ0v) is 22.2. The third kappa shape index (κ3) is 4.73.